The largest absolute Gasteiger partial charge is 0.455 e. The van der Waals surface area contributed by atoms with Gasteiger partial charge in [-0.2, -0.15) is 0 Å². The highest BCUT2D eigenvalue weighted by Crippen LogP contribution is 2.46. The summed E-state index contributed by atoms with van der Waals surface area (Å²) in [6.07, 6.45) is 0. The van der Waals surface area contributed by atoms with Crippen molar-refractivity contribution >= 4 is 99.5 Å². The third kappa shape index (κ3) is 7.86. The van der Waals surface area contributed by atoms with Crippen molar-refractivity contribution in [3.8, 4) is 44.5 Å². The molecule has 0 aliphatic rings. The molecule has 4 nitrogen and oxygen atoms in total. The minimum atomic E-state index is 0.832. The number of fused-ring (bicyclic) bond motifs is 11. The summed E-state index contributed by atoms with van der Waals surface area (Å²) in [6.45, 7) is 0. The fourth-order valence-corrected chi connectivity index (χ4v) is 11.6. The molecule has 15 aromatic rings. The number of rotatable bonds is 10. The van der Waals surface area contributed by atoms with Gasteiger partial charge in [0.05, 0.1) is 0 Å². The van der Waals surface area contributed by atoms with Crippen LogP contribution in [0.4, 0.5) is 34.1 Å². The zero-order valence-corrected chi connectivity index (χ0v) is 42.4. The van der Waals surface area contributed by atoms with Gasteiger partial charge in [-0.3, -0.25) is 0 Å². The van der Waals surface area contributed by atoms with E-state index < -0.39 is 0 Å². The third-order valence-electron chi connectivity index (χ3n) is 15.4. The van der Waals surface area contributed by atoms with E-state index >= 15 is 0 Å². The maximum Gasteiger partial charge on any atom is 0.143 e. The molecule has 0 aliphatic carbocycles. The molecule has 0 saturated carbocycles. The molecule has 0 bridgehead atoms. The van der Waals surface area contributed by atoms with Crippen LogP contribution in [0.1, 0.15) is 0 Å². The van der Waals surface area contributed by atoms with E-state index in [9.17, 15) is 0 Å². The van der Waals surface area contributed by atoms with Crippen LogP contribution in [0.3, 0.4) is 0 Å². The van der Waals surface area contributed by atoms with Gasteiger partial charge in [-0.15, -0.1) is 0 Å². The Bertz CT molecular complexity index is 4200. The van der Waals surface area contributed by atoms with Gasteiger partial charge in [-0.05, 0) is 164 Å². The Morgan fingerprint density at radius 1 is 0.205 bits per heavy atom. The lowest BCUT2D eigenvalue weighted by Gasteiger charge is -2.26. The molecule has 0 spiro atoms. The summed E-state index contributed by atoms with van der Waals surface area (Å²) < 4.78 is 13.8. The molecule has 78 heavy (non-hydrogen) atoms. The van der Waals surface area contributed by atoms with E-state index in [0.717, 1.165) is 99.5 Å². The molecule has 0 atom stereocenters. The molecule has 366 valence electrons. The van der Waals surface area contributed by atoms with Gasteiger partial charge in [0.1, 0.15) is 22.3 Å². The molecule has 0 fully saturated rings. The minimum Gasteiger partial charge on any atom is -0.455 e. The highest BCUT2D eigenvalue weighted by Gasteiger charge is 2.22. The lowest BCUT2D eigenvalue weighted by Crippen LogP contribution is -2.09. The van der Waals surface area contributed by atoms with Gasteiger partial charge in [0, 0.05) is 66.4 Å². The first kappa shape index (κ1) is 45.0. The average Bonchev–Trinajstić information content (AvgIpc) is 4.29. The standard InChI is InChI=1S/C74H48N2O2/c1-5-13-49(14-6-1)53-21-31-59(32-22-53)75(60-33-23-54(24-34-60)50-15-7-2-8-16-50)63-39-43-65-57(47-63)29-41-67-71-69(77-73(65)67)45-46-70-72(71)68-42-30-58-48-64(40-44-66(58)74(68)78-70)76(61-35-25-55(26-36-61)51-17-9-3-10-18-51)62-37-27-56(28-38-62)52-19-11-4-12-20-52/h1-48H. The van der Waals surface area contributed by atoms with Gasteiger partial charge in [-0.1, -0.05) is 182 Å². The number of anilines is 6. The van der Waals surface area contributed by atoms with Crippen LogP contribution < -0.4 is 9.80 Å². The maximum absolute atomic E-state index is 6.89. The zero-order valence-electron chi connectivity index (χ0n) is 42.4. The molecule has 13 aromatic carbocycles. The van der Waals surface area contributed by atoms with E-state index in [4.69, 9.17) is 8.83 Å². The predicted octanol–water partition coefficient (Wildman–Crippen LogP) is 21.4. The molecule has 4 heteroatoms. The third-order valence-corrected chi connectivity index (χ3v) is 15.4. The van der Waals surface area contributed by atoms with Gasteiger partial charge in [0.15, 0.2) is 0 Å². The quantitative estimate of drug-likeness (QED) is 0.137. The molecule has 0 unspecified atom stereocenters. The topological polar surface area (TPSA) is 32.8 Å². The van der Waals surface area contributed by atoms with Crippen molar-refractivity contribution < 1.29 is 8.83 Å². The van der Waals surface area contributed by atoms with Crippen molar-refractivity contribution in [2.75, 3.05) is 9.80 Å². The number of hydrogen-bond acceptors (Lipinski definition) is 4. The van der Waals surface area contributed by atoms with E-state index in [1.165, 1.54) is 44.5 Å². The van der Waals surface area contributed by atoms with Crippen LogP contribution >= 0.6 is 0 Å². The van der Waals surface area contributed by atoms with Crippen molar-refractivity contribution in [3.63, 3.8) is 0 Å². The number of furan rings is 2. The molecular formula is C74H48N2O2. The average molecular weight is 997 g/mol. The van der Waals surface area contributed by atoms with Crippen molar-refractivity contribution in [2.24, 2.45) is 0 Å². The second-order valence-electron chi connectivity index (χ2n) is 20.0. The molecule has 0 amide bonds. The summed E-state index contributed by atoms with van der Waals surface area (Å²) in [5, 5.41) is 8.54. The second-order valence-corrected chi connectivity index (χ2v) is 20.0. The molecule has 0 aliphatic heterocycles. The Hall–Kier alpha value is -10.4. The highest BCUT2D eigenvalue weighted by molar-refractivity contribution is 6.30. The van der Waals surface area contributed by atoms with Crippen molar-refractivity contribution in [3.05, 3.63) is 291 Å². The van der Waals surface area contributed by atoms with Crippen LogP contribution in [0.15, 0.2) is 300 Å². The van der Waals surface area contributed by atoms with Crippen molar-refractivity contribution in [2.45, 2.75) is 0 Å². The van der Waals surface area contributed by atoms with Gasteiger partial charge in [0.2, 0.25) is 0 Å². The first-order valence-electron chi connectivity index (χ1n) is 26.5. The maximum atomic E-state index is 6.89. The van der Waals surface area contributed by atoms with Gasteiger partial charge in [-0.25, -0.2) is 0 Å². The zero-order chi connectivity index (χ0) is 51.5. The number of hydrogen-bond donors (Lipinski definition) is 0. The summed E-state index contributed by atoms with van der Waals surface area (Å²) in [5.74, 6) is 0. The smallest absolute Gasteiger partial charge is 0.143 e. The Kier molecular flexibility index (Phi) is 10.8. The molecule has 2 aromatic heterocycles. The first-order valence-corrected chi connectivity index (χ1v) is 26.5. The predicted molar refractivity (Wildman–Crippen MR) is 327 cm³/mol. The van der Waals surface area contributed by atoms with Gasteiger partial charge < -0.3 is 18.6 Å². The second kappa shape index (κ2) is 18.7. The summed E-state index contributed by atoms with van der Waals surface area (Å²) in [7, 11) is 0. The van der Waals surface area contributed by atoms with Crippen molar-refractivity contribution in [1.82, 2.24) is 0 Å². The lowest BCUT2D eigenvalue weighted by molar-refractivity contribution is 0.666. The summed E-state index contributed by atoms with van der Waals surface area (Å²) >= 11 is 0. The van der Waals surface area contributed by atoms with E-state index in [-0.39, 0.29) is 0 Å². The summed E-state index contributed by atoms with van der Waals surface area (Å²) in [5.41, 5.74) is 19.3. The molecule has 0 radical (unpaired) electrons. The van der Waals surface area contributed by atoms with Crippen LogP contribution in [-0.2, 0) is 0 Å². The molecular weight excluding hydrogens is 949 g/mol. The van der Waals surface area contributed by atoms with Crippen molar-refractivity contribution in [1.29, 1.82) is 0 Å². The fourth-order valence-electron chi connectivity index (χ4n) is 11.6. The molecule has 0 saturated heterocycles. The van der Waals surface area contributed by atoms with Crippen LogP contribution in [0.2, 0.25) is 0 Å². The monoisotopic (exact) mass is 996 g/mol. The Morgan fingerprint density at radius 3 is 0.756 bits per heavy atom. The van der Waals surface area contributed by atoms with E-state index in [1.54, 1.807) is 0 Å². The van der Waals surface area contributed by atoms with Gasteiger partial charge in [0.25, 0.3) is 0 Å². The summed E-state index contributed by atoms with van der Waals surface area (Å²) in [4.78, 5) is 4.68. The van der Waals surface area contributed by atoms with Crippen LogP contribution in [-0.4, -0.2) is 0 Å². The Labute approximate surface area is 451 Å². The minimum absolute atomic E-state index is 0.832. The fraction of sp³-hybridized carbons (Fsp3) is 0. The SMILES string of the molecule is c1ccc(-c2ccc(N(c3ccc(-c4ccccc4)cc3)c3ccc4c(ccc5c4oc4ccc6oc7c8ccc(N(c9ccc(-c%10ccccc%10)cc9)c9ccc(-c%10ccccc%10)cc9)cc8ccc7c6c45)c3)cc2)cc1. The van der Waals surface area contributed by atoms with Gasteiger partial charge >= 0.3 is 0 Å². The van der Waals surface area contributed by atoms with E-state index in [2.05, 4.69) is 301 Å². The Morgan fingerprint density at radius 2 is 0.462 bits per heavy atom. The Balaban J connectivity index is 0.811. The van der Waals surface area contributed by atoms with E-state index in [0.29, 0.717) is 0 Å². The normalized spacial score (nSPS) is 11.6. The van der Waals surface area contributed by atoms with Crippen LogP contribution in [0.25, 0.3) is 110 Å². The first-order chi connectivity index (χ1) is 38.6. The molecule has 0 N–H and O–H groups in total. The summed E-state index contributed by atoms with van der Waals surface area (Å²) in [6, 6.07) is 104. The van der Waals surface area contributed by atoms with Crippen LogP contribution in [0, 0.1) is 0 Å². The van der Waals surface area contributed by atoms with Crippen LogP contribution in [0.5, 0.6) is 0 Å². The van der Waals surface area contributed by atoms with E-state index in [1.807, 2.05) is 0 Å². The molecule has 15 rings (SSSR count). The number of nitrogens with zero attached hydrogens (tertiary/aromatic N) is 2. The highest BCUT2D eigenvalue weighted by atomic mass is 16.3. The lowest BCUT2D eigenvalue weighted by atomic mass is 10.00. The number of benzene rings is 13. The molecule has 2 heterocycles.